The average Bonchev–Trinajstić information content (AvgIpc) is 2.99. The van der Waals surface area contributed by atoms with Gasteiger partial charge in [-0.3, -0.25) is 4.90 Å². The molecule has 2 aromatic rings. The van der Waals surface area contributed by atoms with Crippen LogP contribution in [-0.2, 0) is 6.42 Å². The minimum Gasteiger partial charge on any atom is -0.329 e. The molecule has 114 valence electrons. The SMILES string of the molecule is CN(CCc1cccs1)C(CN)c1cccc(C(F)F)c1. The van der Waals surface area contributed by atoms with E-state index in [1.54, 1.807) is 23.5 Å². The third-order valence-corrected chi connectivity index (χ3v) is 4.53. The summed E-state index contributed by atoms with van der Waals surface area (Å²) in [6.07, 6.45) is -1.50. The second kappa shape index (κ2) is 7.64. The molecule has 0 spiro atoms. The maximum absolute atomic E-state index is 12.8. The number of hydrogen-bond donors (Lipinski definition) is 1. The summed E-state index contributed by atoms with van der Waals surface area (Å²) in [7, 11) is 1.99. The first kappa shape index (κ1) is 16.1. The summed E-state index contributed by atoms with van der Waals surface area (Å²) in [4.78, 5) is 3.45. The number of likely N-dealkylation sites (N-methyl/N-ethyl adjacent to an activating group) is 1. The molecule has 1 atom stereocenters. The molecule has 1 aromatic heterocycles. The van der Waals surface area contributed by atoms with E-state index in [-0.39, 0.29) is 11.6 Å². The van der Waals surface area contributed by atoms with Crippen molar-refractivity contribution in [3.8, 4) is 0 Å². The summed E-state index contributed by atoms with van der Waals surface area (Å²) in [5, 5.41) is 2.06. The Kier molecular flexibility index (Phi) is 5.85. The zero-order valence-electron chi connectivity index (χ0n) is 12.0. The van der Waals surface area contributed by atoms with Gasteiger partial charge < -0.3 is 5.73 Å². The Morgan fingerprint density at radius 3 is 2.57 bits per heavy atom. The van der Waals surface area contributed by atoms with Gasteiger partial charge in [0.05, 0.1) is 0 Å². The maximum Gasteiger partial charge on any atom is 0.263 e. The zero-order chi connectivity index (χ0) is 15.2. The van der Waals surface area contributed by atoms with Crippen LogP contribution in [0.4, 0.5) is 8.78 Å². The molecule has 1 heterocycles. The molecular weight excluding hydrogens is 290 g/mol. The molecular formula is C16H20F2N2S. The predicted octanol–water partition coefficient (Wildman–Crippen LogP) is 3.86. The molecule has 0 fully saturated rings. The number of benzene rings is 1. The third-order valence-electron chi connectivity index (χ3n) is 3.59. The van der Waals surface area contributed by atoms with Gasteiger partial charge in [0.2, 0.25) is 0 Å². The third kappa shape index (κ3) is 4.33. The second-order valence-electron chi connectivity index (χ2n) is 5.03. The normalized spacial score (nSPS) is 13.0. The Balaban J connectivity index is 2.05. The van der Waals surface area contributed by atoms with Crippen molar-refractivity contribution in [3.63, 3.8) is 0 Å². The van der Waals surface area contributed by atoms with Crippen LogP contribution in [0.5, 0.6) is 0 Å². The minimum absolute atomic E-state index is 0.0383. The lowest BCUT2D eigenvalue weighted by molar-refractivity contribution is 0.151. The van der Waals surface area contributed by atoms with Crippen molar-refractivity contribution in [1.29, 1.82) is 0 Å². The van der Waals surface area contributed by atoms with Crippen molar-refractivity contribution >= 4 is 11.3 Å². The Labute approximate surface area is 128 Å². The molecule has 0 aliphatic heterocycles. The quantitative estimate of drug-likeness (QED) is 0.841. The fourth-order valence-electron chi connectivity index (χ4n) is 2.37. The highest BCUT2D eigenvalue weighted by Gasteiger charge is 2.17. The van der Waals surface area contributed by atoms with Crippen molar-refractivity contribution in [2.75, 3.05) is 20.1 Å². The van der Waals surface area contributed by atoms with Gasteiger partial charge in [-0.25, -0.2) is 8.78 Å². The van der Waals surface area contributed by atoms with Gasteiger partial charge >= 0.3 is 0 Å². The number of alkyl halides is 2. The number of halogens is 2. The van der Waals surface area contributed by atoms with Crippen molar-refractivity contribution in [2.24, 2.45) is 5.73 Å². The average molecular weight is 310 g/mol. The van der Waals surface area contributed by atoms with Crippen LogP contribution >= 0.6 is 11.3 Å². The first-order chi connectivity index (χ1) is 10.1. The Bertz CT molecular complexity index is 543. The standard InChI is InChI=1S/C16H20F2N2S/c1-20(8-7-14-6-3-9-21-14)15(11-19)12-4-2-5-13(10-12)16(17)18/h2-6,9-10,15-16H,7-8,11,19H2,1H3. The highest BCUT2D eigenvalue weighted by atomic mass is 32.1. The summed E-state index contributed by atoms with van der Waals surface area (Å²) in [6, 6.07) is 10.7. The highest BCUT2D eigenvalue weighted by molar-refractivity contribution is 7.09. The van der Waals surface area contributed by atoms with Gasteiger partial charge in [0.1, 0.15) is 0 Å². The summed E-state index contributed by atoms with van der Waals surface area (Å²) in [5.74, 6) is 0. The smallest absolute Gasteiger partial charge is 0.263 e. The van der Waals surface area contributed by atoms with Crippen LogP contribution in [0.25, 0.3) is 0 Å². The van der Waals surface area contributed by atoms with E-state index < -0.39 is 6.43 Å². The Morgan fingerprint density at radius 2 is 1.95 bits per heavy atom. The number of hydrogen-bond acceptors (Lipinski definition) is 3. The van der Waals surface area contributed by atoms with Gasteiger partial charge in [0.15, 0.2) is 0 Å². The number of rotatable bonds is 7. The first-order valence-electron chi connectivity index (χ1n) is 6.92. The molecule has 0 bridgehead atoms. The van der Waals surface area contributed by atoms with E-state index in [9.17, 15) is 8.78 Å². The molecule has 2 rings (SSSR count). The fourth-order valence-corrected chi connectivity index (χ4v) is 3.07. The van der Waals surface area contributed by atoms with Crippen LogP contribution in [0.3, 0.4) is 0 Å². The summed E-state index contributed by atoms with van der Waals surface area (Å²) in [6.45, 7) is 1.26. The van der Waals surface area contributed by atoms with E-state index in [0.29, 0.717) is 6.54 Å². The van der Waals surface area contributed by atoms with Gasteiger partial charge in [-0.15, -0.1) is 11.3 Å². The molecule has 21 heavy (non-hydrogen) atoms. The van der Waals surface area contributed by atoms with E-state index in [1.165, 1.54) is 10.9 Å². The molecule has 0 aliphatic carbocycles. The van der Waals surface area contributed by atoms with Crippen molar-refractivity contribution in [1.82, 2.24) is 4.90 Å². The van der Waals surface area contributed by atoms with Crippen LogP contribution in [0.1, 0.15) is 28.5 Å². The van der Waals surface area contributed by atoms with E-state index in [4.69, 9.17) is 5.73 Å². The molecule has 0 radical (unpaired) electrons. The summed E-state index contributed by atoms with van der Waals surface area (Å²) < 4.78 is 25.6. The molecule has 0 saturated heterocycles. The van der Waals surface area contributed by atoms with Crippen molar-refractivity contribution < 1.29 is 8.78 Å². The van der Waals surface area contributed by atoms with Crippen LogP contribution in [0.2, 0.25) is 0 Å². The van der Waals surface area contributed by atoms with Gasteiger partial charge in [-0.1, -0.05) is 24.3 Å². The lowest BCUT2D eigenvalue weighted by atomic mass is 10.0. The van der Waals surface area contributed by atoms with Crippen LogP contribution < -0.4 is 5.73 Å². The van der Waals surface area contributed by atoms with Gasteiger partial charge in [-0.2, -0.15) is 0 Å². The summed E-state index contributed by atoms with van der Waals surface area (Å²) >= 11 is 1.73. The Hall–Kier alpha value is -1.30. The molecule has 0 amide bonds. The van der Waals surface area contributed by atoms with E-state index in [2.05, 4.69) is 16.3 Å². The number of thiophene rings is 1. The monoisotopic (exact) mass is 310 g/mol. The topological polar surface area (TPSA) is 29.3 Å². The lowest BCUT2D eigenvalue weighted by Gasteiger charge is -2.27. The molecule has 2 nitrogen and oxygen atoms in total. The van der Waals surface area contributed by atoms with Gasteiger partial charge in [0, 0.05) is 29.6 Å². The maximum atomic E-state index is 12.8. The minimum atomic E-state index is -2.44. The second-order valence-corrected chi connectivity index (χ2v) is 6.06. The van der Waals surface area contributed by atoms with Crippen LogP contribution in [0.15, 0.2) is 41.8 Å². The van der Waals surface area contributed by atoms with Crippen LogP contribution in [0, 0.1) is 0 Å². The molecule has 2 N–H and O–H groups in total. The van der Waals surface area contributed by atoms with Crippen LogP contribution in [-0.4, -0.2) is 25.0 Å². The predicted molar refractivity (Wildman–Crippen MR) is 83.8 cm³/mol. The number of nitrogens with zero attached hydrogens (tertiary/aromatic N) is 1. The molecule has 1 unspecified atom stereocenters. The molecule has 1 aromatic carbocycles. The first-order valence-corrected chi connectivity index (χ1v) is 7.80. The van der Waals surface area contributed by atoms with Gasteiger partial charge in [-0.05, 0) is 36.5 Å². The molecule has 5 heteroatoms. The van der Waals surface area contributed by atoms with Gasteiger partial charge in [0.25, 0.3) is 6.43 Å². The summed E-state index contributed by atoms with van der Waals surface area (Å²) in [5.41, 5.74) is 6.76. The fraction of sp³-hybridized carbons (Fsp3) is 0.375. The highest BCUT2D eigenvalue weighted by Crippen LogP contribution is 2.25. The largest absolute Gasteiger partial charge is 0.329 e. The number of nitrogens with two attached hydrogens (primary N) is 1. The van der Waals surface area contributed by atoms with E-state index >= 15 is 0 Å². The van der Waals surface area contributed by atoms with Crippen molar-refractivity contribution in [3.05, 3.63) is 57.8 Å². The molecule has 0 aliphatic rings. The van der Waals surface area contributed by atoms with E-state index in [0.717, 1.165) is 18.5 Å². The van der Waals surface area contributed by atoms with Crippen molar-refractivity contribution in [2.45, 2.75) is 18.9 Å². The lowest BCUT2D eigenvalue weighted by Crippen LogP contribution is -2.32. The zero-order valence-corrected chi connectivity index (χ0v) is 12.8. The Morgan fingerprint density at radius 1 is 1.19 bits per heavy atom. The molecule has 0 saturated carbocycles. The van der Waals surface area contributed by atoms with E-state index in [1.807, 2.05) is 19.2 Å².